The van der Waals surface area contributed by atoms with E-state index in [-0.39, 0.29) is 15.5 Å². The van der Waals surface area contributed by atoms with Crippen LogP contribution in [0.25, 0.3) is 0 Å². The number of nitrogens with zero attached hydrogens (tertiary/aromatic N) is 1. The second-order valence-corrected chi connectivity index (χ2v) is 7.91. The predicted molar refractivity (Wildman–Crippen MR) is 84.8 cm³/mol. The smallest absolute Gasteiger partial charge is 0.242 e. The lowest BCUT2D eigenvalue weighted by molar-refractivity contribution is 0.0657. The fraction of sp³-hybridized carbons (Fsp3) is 0.571. The van der Waals surface area contributed by atoms with Crippen molar-refractivity contribution in [3.63, 3.8) is 0 Å². The molecule has 1 aromatic rings. The molecule has 0 atom stereocenters. The third-order valence-corrected chi connectivity index (χ3v) is 6.23. The number of hydrogen-bond acceptors (Lipinski definition) is 4. The van der Waals surface area contributed by atoms with E-state index in [0.29, 0.717) is 13.1 Å². The second-order valence-electron chi connectivity index (χ2n) is 5.77. The third-order valence-electron chi connectivity index (χ3n) is 4.35. The molecule has 118 valence electrons. The van der Waals surface area contributed by atoms with E-state index >= 15 is 0 Å². The molecule has 0 aliphatic heterocycles. The van der Waals surface area contributed by atoms with Gasteiger partial charge in [0.15, 0.2) is 0 Å². The molecule has 0 heterocycles. The van der Waals surface area contributed by atoms with E-state index in [1.165, 1.54) is 6.07 Å². The van der Waals surface area contributed by atoms with Crippen molar-refractivity contribution in [1.82, 2.24) is 9.62 Å². The number of nitrogens with two attached hydrogens (primary N) is 1. The minimum absolute atomic E-state index is 0.0727. The fourth-order valence-electron chi connectivity index (χ4n) is 2.56. The van der Waals surface area contributed by atoms with E-state index in [1.54, 1.807) is 12.1 Å². The summed E-state index contributed by atoms with van der Waals surface area (Å²) in [7, 11) is 0.357. The molecule has 5 nitrogen and oxygen atoms in total. The molecule has 0 bridgehead atoms. The number of benzene rings is 1. The lowest BCUT2D eigenvalue weighted by Crippen LogP contribution is -2.57. The maximum Gasteiger partial charge on any atom is 0.242 e. The maximum absolute atomic E-state index is 12.4. The number of nitrogens with one attached hydrogen (secondary N) is 1. The van der Waals surface area contributed by atoms with Gasteiger partial charge in [-0.15, -0.1) is 0 Å². The van der Waals surface area contributed by atoms with Gasteiger partial charge in [-0.25, -0.2) is 13.1 Å². The van der Waals surface area contributed by atoms with Crippen LogP contribution in [0.3, 0.4) is 0 Å². The van der Waals surface area contributed by atoms with E-state index in [0.717, 1.165) is 24.8 Å². The van der Waals surface area contributed by atoms with Gasteiger partial charge >= 0.3 is 0 Å². The van der Waals surface area contributed by atoms with Crippen LogP contribution in [0, 0.1) is 0 Å². The van der Waals surface area contributed by atoms with Gasteiger partial charge in [0.2, 0.25) is 10.0 Å². The summed E-state index contributed by atoms with van der Waals surface area (Å²) >= 11 is 6.07. The van der Waals surface area contributed by atoms with Crippen molar-refractivity contribution in [3.8, 4) is 0 Å². The van der Waals surface area contributed by atoms with Crippen LogP contribution in [-0.2, 0) is 16.6 Å². The van der Waals surface area contributed by atoms with Crippen LogP contribution in [0.2, 0.25) is 5.02 Å². The van der Waals surface area contributed by atoms with Crippen LogP contribution < -0.4 is 10.5 Å². The monoisotopic (exact) mass is 331 g/mol. The second kappa shape index (κ2) is 6.22. The Morgan fingerprint density at radius 3 is 2.48 bits per heavy atom. The van der Waals surface area contributed by atoms with Crippen LogP contribution in [-0.4, -0.2) is 39.5 Å². The van der Waals surface area contributed by atoms with Gasteiger partial charge in [0.25, 0.3) is 0 Å². The fourth-order valence-corrected chi connectivity index (χ4v) is 4.25. The average molecular weight is 332 g/mol. The highest BCUT2D eigenvalue weighted by atomic mass is 35.5. The summed E-state index contributed by atoms with van der Waals surface area (Å²) < 4.78 is 27.5. The molecule has 2 rings (SSSR count). The van der Waals surface area contributed by atoms with Crippen molar-refractivity contribution in [1.29, 1.82) is 0 Å². The number of sulfonamides is 1. The van der Waals surface area contributed by atoms with Gasteiger partial charge < -0.3 is 10.6 Å². The van der Waals surface area contributed by atoms with Crippen LogP contribution in [0.15, 0.2) is 23.1 Å². The predicted octanol–water partition coefficient (Wildman–Crippen LogP) is 1.56. The Hall–Kier alpha value is -0.660. The molecule has 1 aliphatic rings. The minimum Gasteiger partial charge on any atom is -0.326 e. The van der Waals surface area contributed by atoms with Crippen LogP contribution in [0.1, 0.15) is 24.8 Å². The Balaban J connectivity index is 2.15. The Bertz CT molecular complexity index is 613. The molecule has 1 aromatic carbocycles. The van der Waals surface area contributed by atoms with Crippen molar-refractivity contribution in [2.75, 3.05) is 20.6 Å². The first-order chi connectivity index (χ1) is 9.81. The summed E-state index contributed by atoms with van der Waals surface area (Å²) in [6, 6.07) is 4.79. The molecule has 1 aliphatic carbocycles. The van der Waals surface area contributed by atoms with Gasteiger partial charge in [-0.1, -0.05) is 17.7 Å². The Morgan fingerprint density at radius 1 is 1.38 bits per heavy atom. The number of likely N-dealkylation sites (N-methyl/N-ethyl adjacent to an activating group) is 1. The van der Waals surface area contributed by atoms with E-state index in [9.17, 15) is 8.42 Å². The van der Waals surface area contributed by atoms with E-state index in [4.69, 9.17) is 17.3 Å². The number of halogens is 1. The zero-order valence-corrected chi connectivity index (χ0v) is 14.0. The summed E-state index contributed by atoms with van der Waals surface area (Å²) in [6.07, 6.45) is 3.14. The summed E-state index contributed by atoms with van der Waals surface area (Å²) in [5, 5.41) is 0.206. The van der Waals surface area contributed by atoms with Crippen molar-refractivity contribution in [3.05, 3.63) is 28.8 Å². The largest absolute Gasteiger partial charge is 0.326 e. The highest BCUT2D eigenvalue weighted by molar-refractivity contribution is 7.89. The van der Waals surface area contributed by atoms with Crippen molar-refractivity contribution >= 4 is 21.6 Å². The standard InChI is InChI=1S/C14H22ClN3O2S/c1-18(2)14(6-3-7-14)10-17-21(19,20)13-5-4-11(9-16)8-12(13)15/h4-5,8,17H,3,6-7,9-10,16H2,1-2H3. The van der Waals surface area contributed by atoms with Crippen molar-refractivity contribution < 1.29 is 8.42 Å². The molecular formula is C14H22ClN3O2S. The van der Waals surface area contributed by atoms with E-state index < -0.39 is 10.0 Å². The molecule has 0 saturated heterocycles. The normalized spacial score (nSPS) is 17.8. The van der Waals surface area contributed by atoms with Crippen LogP contribution in [0.4, 0.5) is 0 Å². The van der Waals surface area contributed by atoms with E-state index in [2.05, 4.69) is 9.62 Å². The molecule has 0 unspecified atom stereocenters. The van der Waals surface area contributed by atoms with Gasteiger partial charge in [0, 0.05) is 18.6 Å². The van der Waals surface area contributed by atoms with Gasteiger partial charge in [0.1, 0.15) is 4.90 Å². The Labute approximate surface area is 131 Å². The first kappa shape index (κ1) is 16.7. The molecule has 3 N–H and O–H groups in total. The number of rotatable bonds is 6. The summed E-state index contributed by atoms with van der Waals surface area (Å²) in [5.41, 5.74) is 6.26. The van der Waals surface area contributed by atoms with Crippen LogP contribution in [0.5, 0.6) is 0 Å². The summed E-state index contributed by atoms with van der Waals surface area (Å²) in [6.45, 7) is 0.731. The minimum atomic E-state index is -3.61. The zero-order chi connectivity index (χ0) is 15.7. The van der Waals surface area contributed by atoms with Gasteiger partial charge in [-0.2, -0.15) is 0 Å². The Kier molecular flexibility index (Phi) is 4.95. The quantitative estimate of drug-likeness (QED) is 0.829. The summed E-state index contributed by atoms with van der Waals surface area (Å²) in [4.78, 5) is 2.20. The topological polar surface area (TPSA) is 75.4 Å². The highest BCUT2D eigenvalue weighted by Crippen LogP contribution is 2.36. The molecule has 1 saturated carbocycles. The zero-order valence-electron chi connectivity index (χ0n) is 12.4. The molecular weight excluding hydrogens is 310 g/mol. The first-order valence-electron chi connectivity index (χ1n) is 6.96. The SMILES string of the molecule is CN(C)C1(CNS(=O)(=O)c2ccc(CN)cc2Cl)CCC1. The molecule has 0 spiro atoms. The molecule has 1 fully saturated rings. The van der Waals surface area contributed by atoms with Crippen molar-refractivity contribution in [2.24, 2.45) is 5.73 Å². The van der Waals surface area contributed by atoms with Gasteiger partial charge in [-0.05, 0) is 51.1 Å². The summed E-state index contributed by atoms with van der Waals surface area (Å²) in [5.74, 6) is 0. The van der Waals surface area contributed by atoms with E-state index in [1.807, 2.05) is 14.1 Å². The third kappa shape index (κ3) is 3.40. The maximum atomic E-state index is 12.4. The molecule has 7 heteroatoms. The Morgan fingerprint density at radius 2 is 2.05 bits per heavy atom. The molecule has 21 heavy (non-hydrogen) atoms. The van der Waals surface area contributed by atoms with Gasteiger partial charge in [0.05, 0.1) is 5.02 Å². The van der Waals surface area contributed by atoms with Gasteiger partial charge in [-0.3, -0.25) is 0 Å². The van der Waals surface area contributed by atoms with Crippen molar-refractivity contribution in [2.45, 2.75) is 36.2 Å². The molecule has 0 aromatic heterocycles. The number of hydrogen-bond donors (Lipinski definition) is 2. The lowest BCUT2D eigenvalue weighted by Gasteiger charge is -2.47. The average Bonchev–Trinajstić information content (AvgIpc) is 2.36. The van der Waals surface area contributed by atoms with Crippen LogP contribution >= 0.6 is 11.6 Å². The lowest BCUT2D eigenvalue weighted by atomic mass is 9.76. The highest BCUT2D eigenvalue weighted by Gasteiger charge is 2.40. The molecule has 0 amide bonds. The first-order valence-corrected chi connectivity index (χ1v) is 8.82. The molecule has 0 radical (unpaired) electrons.